The molecule has 2 saturated heterocycles. The van der Waals surface area contributed by atoms with Gasteiger partial charge in [0.25, 0.3) is 10.2 Å². The molecule has 2 aliphatic heterocycles. The van der Waals surface area contributed by atoms with Gasteiger partial charge >= 0.3 is 0 Å². The number of morpholine rings is 1. The zero-order valence-corrected chi connectivity index (χ0v) is 15.3. The normalized spacial score (nSPS) is 23.4. The van der Waals surface area contributed by atoms with E-state index < -0.39 is 10.2 Å². The Kier molecular flexibility index (Phi) is 6.22. The third-order valence-corrected chi connectivity index (χ3v) is 6.97. The fraction of sp³-hybridized carbons (Fsp3) is 0.611. The van der Waals surface area contributed by atoms with E-state index in [2.05, 4.69) is 0 Å². The van der Waals surface area contributed by atoms with Crippen LogP contribution in [0.5, 0.6) is 0 Å². The monoisotopic (exact) mass is 366 g/mol. The molecule has 3 rings (SSSR count). The Hall–Kier alpha value is -1.28. The summed E-state index contributed by atoms with van der Waals surface area (Å²) in [4.78, 5) is 12.6. The van der Waals surface area contributed by atoms with Gasteiger partial charge in [0.05, 0.1) is 13.2 Å². The standard InChI is InChI=1S/C18H26N2O4S/c21-18(9-8-16-5-2-1-3-6-16)17-7-4-10-20(15-17)25(22,23)19-11-13-24-14-12-19/h1-3,5-6,17H,4,7-15H2/t17-/m1/s1. The third-order valence-electron chi connectivity index (χ3n) is 4.96. The summed E-state index contributed by atoms with van der Waals surface area (Å²) < 4.78 is 33.8. The van der Waals surface area contributed by atoms with E-state index in [4.69, 9.17) is 4.74 Å². The van der Waals surface area contributed by atoms with E-state index in [1.807, 2.05) is 30.3 Å². The first-order valence-corrected chi connectivity index (χ1v) is 10.4. The molecule has 2 heterocycles. The third kappa shape index (κ3) is 4.67. The number of hydrogen-bond acceptors (Lipinski definition) is 4. The van der Waals surface area contributed by atoms with Gasteiger partial charge in [-0.25, -0.2) is 0 Å². The molecule has 1 aromatic carbocycles. The van der Waals surface area contributed by atoms with Crippen LogP contribution in [0.1, 0.15) is 24.8 Å². The summed E-state index contributed by atoms with van der Waals surface area (Å²) in [6.45, 7) is 2.48. The van der Waals surface area contributed by atoms with Crippen molar-refractivity contribution in [3.8, 4) is 0 Å². The van der Waals surface area contributed by atoms with Crippen LogP contribution in [-0.4, -0.2) is 62.2 Å². The lowest BCUT2D eigenvalue weighted by atomic mass is 9.91. The van der Waals surface area contributed by atoms with Gasteiger partial charge in [0.1, 0.15) is 5.78 Å². The van der Waals surface area contributed by atoms with Crippen molar-refractivity contribution >= 4 is 16.0 Å². The quantitative estimate of drug-likeness (QED) is 0.765. The molecule has 2 aliphatic rings. The summed E-state index contributed by atoms with van der Waals surface area (Å²) in [5, 5.41) is 0. The molecular formula is C18H26N2O4S. The van der Waals surface area contributed by atoms with Crippen molar-refractivity contribution in [1.29, 1.82) is 0 Å². The zero-order chi connectivity index (χ0) is 17.7. The average molecular weight is 366 g/mol. The molecule has 1 atom stereocenters. The van der Waals surface area contributed by atoms with Crippen molar-refractivity contribution in [2.75, 3.05) is 39.4 Å². The predicted octanol–water partition coefficient (Wildman–Crippen LogP) is 1.48. The minimum Gasteiger partial charge on any atom is -0.379 e. The fourth-order valence-electron chi connectivity index (χ4n) is 3.47. The summed E-state index contributed by atoms with van der Waals surface area (Å²) in [6, 6.07) is 9.93. The second-order valence-corrected chi connectivity index (χ2v) is 8.60. The van der Waals surface area contributed by atoms with Gasteiger partial charge in [-0.05, 0) is 24.8 Å². The van der Waals surface area contributed by atoms with Crippen LogP contribution in [-0.2, 0) is 26.2 Å². The van der Waals surface area contributed by atoms with Gasteiger partial charge < -0.3 is 4.74 Å². The van der Waals surface area contributed by atoms with Crippen LogP contribution in [0.2, 0.25) is 0 Å². The number of aryl methyl sites for hydroxylation is 1. The smallest absolute Gasteiger partial charge is 0.282 e. The molecule has 0 amide bonds. The first-order chi connectivity index (χ1) is 12.1. The Balaban J connectivity index is 1.57. The van der Waals surface area contributed by atoms with Crippen LogP contribution in [0.15, 0.2) is 30.3 Å². The number of Topliss-reactive ketones (excluding diaryl/α,β-unsaturated/α-hetero) is 1. The Morgan fingerprint density at radius 2 is 1.80 bits per heavy atom. The zero-order valence-electron chi connectivity index (χ0n) is 14.5. The second kappa shape index (κ2) is 8.40. The Morgan fingerprint density at radius 1 is 1.08 bits per heavy atom. The Morgan fingerprint density at radius 3 is 2.52 bits per heavy atom. The van der Waals surface area contributed by atoms with Gasteiger partial charge in [-0.2, -0.15) is 17.0 Å². The molecule has 7 heteroatoms. The number of ether oxygens (including phenoxy) is 1. The van der Waals surface area contributed by atoms with Crippen molar-refractivity contribution in [3.63, 3.8) is 0 Å². The van der Waals surface area contributed by atoms with Gasteiger partial charge in [0, 0.05) is 38.5 Å². The molecule has 138 valence electrons. The van der Waals surface area contributed by atoms with E-state index >= 15 is 0 Å². The molecule has 0 aliphatic carbocycles. The molecule has 0 radical (unpaired) electrons. The topological polar surface area (TPSA) is 66.9 Å². The van der Waals surface area contributed by atoms with Gasteiger partial charge in [-0.1, -0.05) is 30.3 Å². The van der Waals surface area contributed by atoms with Crippen molar-refractivity contribution in [2.24, 2.45) is 5.92 Å². The summed E-state index contributed by atoms with van der Waals surface area (Å²) >= 11 is 0. The van der Waals surface area contributed by atoms with Gasteiger partial charge in [0.15, 0.2) is 0 Å². The van der Waals surface area contributed by atoms with Gasteiger partial charge in [-0.15, -0.1) is 0 Å². The summed E-state index contributed by atoms with van der Waals surface area (Å²) in [5.41, 5.74) is 1.14. The molecule has 0 unspecified atom stereocenters. The van der Waals surface area contributed by atoms with Crippen LogP contribution in [0, 0.1) is 5.92 Å². The Bertz CT molecular complexity index is 672. The minimum absolute atomic E-state index is 0.172. The number of piperidine rings is 1. The molecule has 0 aromatic heterocycles. The van der Waals surface area contributed by atoms with Crippen LogP contribution in [0.4, 0.5) is 0 Å². The Labute approximate surface area is 149 Å². The van der Waals surface area contributed by atoms with Crippen molar-refractivity contribution in [2.45, 2.75) is 25.7 Å². The van der Waals surface area contributed by atoms with E-state index in [1.165, 1.54) is 8.61 Å². The molecule has 25 heavy (non-hydrogen) atoms. The molecule has 0 spiro atoms. The second-order valence-electron chi connectivity index (χ2n) is 6.67. The van der Waals surface area contributed by atoms with Gasteiger partial charge in [-0.3, -0.25) is 4.79 Å². The molecule has 2 fully saturated rings. The number of hydrogen-bond donors (Lipinski definition) is 0. The maximum atomic E-state index is 12.8. The highest BCUT2D eigenvalue weighted by Crippen LogP contribution is 2.23. The summed E-state index contributed by atoms with van der Waals surface area (Å²) in [6.07, 6.45) is 2.71. The van der Waals surface area contributed by atoms with Crippen LogP contribution in [0.3, 0.4) is 0 Å². The molecule has 0 N–H and O–H groups in total. The van der Waals surface area contributed by atoms with Crippen LogP contribution < -0.4 is 0 Å². The number of benzene rings is 1. The van der Waals surface area contributed by atoms with Crippen LogP contribution >= 0.6 is 0 Å². The SMILES string of the molecule is O=C(CCc1ccccc1)[C@@H]1CCCN(S(=O)(=O)N2CCOCC2)C1. The van der Waals surface area contributed by atoms with E-state index in [9.17, 15) is 13.2 Å². The van der Waals surface area contributed by atoms with Crippen molar-refractivity contribution in [1.82, 2.24) is 8.61 Å². The van der Waals surface area contributed by atoms with E-state index in [1.54, 1.807) is 0 Å². The van der Waals surface area contributed by atoms with Crippen molar-refractivity contribution in [3.05, 3.63) is 35.9 Å². The number of carbonyl (C=O) groups is 1. The first kappa shape index (κ1) is 18.5. The maximum Gasteiger partial charge on any atom is 0.282 e. The summed E-state index contributed by atoms with van der Waals surface area (Å²) in [7, 11) is -3.48. The lowest BCUT2D eigenvalue weighted by Gasteiger charge is -2.36. The van der Waals surface area contributed by atoms with E-state index in [-0.39, 0.29) is 11.7 Å². The number of ketones is 1. The van der Waals surface area contributed by atoms with E-state index in [0.29, 0.717) is 52.2 Å². The highest BCUT2D eigenvalue weighted by molar-refractivity contribution is 7.86. The molecule has 0 saturated carbocycles. The van der Waals surface area contributed by atoms with Crippen LogP contribution in [0.25, 0.3) is 0 Å². The van der Waals surface area contributed by atoms with E-state index in [0.717, 1.165) is 18.4 Å². The predicted molar refractivity (Wildman–Crippen MR) is 95.4 cm³/mol. The first-order valence-electron chi connectivity index (χ1n) is 8.97. The van der Waals surface area contributed by atoms with Crippen molar-refractivity contribution < 1.29 is 17.9 Å². The number of rotatable bonds is 6. The number of nitrogens with zero attached hydrogens (tertiary/aromatic N) is 2. The highest BCUT2D eigenvalue weighted by Gasteiger charge is 2.36. The lowest BCUT2D eigenvalue weighted by molar-refractivity contribution is -0.123. The number of carbonyl (C=O) groups excluding carboxylic acids is 1. The fourth-order valence-corrected chi connectivity index (χ4v) is 5.14. The molecule has 0 bridgehead atoms. The van der Waals surface area contributed by atoms with Gasteiger partial charge in [0.2, 0.25) is 0 Å². The largest absolute Gasteiger partial charge is 0.379 e. The molecule has 6 nitrogen and oxygen atoms in total. The highest BCUT2D eigenvalue weighted by atomic mass is 32.2. The molecular weight excluding hydrogens is 340 g/mol. The molecule has 1 aromatic rings. The summed E-state index contributed by atoms with van der Waals surface area (Å²) in [5.74, 6) is -0.0148. The maximum absolute atomic E-state index is 12.8. The minimum atomic E-state index is -3.48. The lowest BCUT2D eigenvalue weighted by Crippen LogP contribution is -2.52. The average Bonchev–Trinajstić information content (AvgIpc) is 2.67.